The molecule has 30 heavy (non-hydrogen) atoms. The van der Waals surface area contributed by atoms with E-state index in [-0.39, 0.29) is 17.8 Å². The Balaban J connectivity index is 1.72. The minimum absolute atomic E-state index is 0.0283. The van der Waals surface area contributed by atoms with E-state index in [2.05, 4.69) is 20.5 Å². The van der Waals surface area contributed by atoms with Crippen molar-refractivity contribution in [2.24, 2.45) is 14.1 Å². The van der Waals surface area contributed by atoms with Crippen molar-refractivity contribution in [2.75, 3.05) is 35.2 Å². The summed E-state index contributed by atoms with van der Waals surface area (Å²) in [6, 6.07) is 10.9. The van der Waals surface area contributed by atoms with Gasteiger partial charge in [0, 0.05) is 38.9 Å². The molecule has 156 valence electrons. The molecule has 3 heterocycles. The van der Waals surface area contributed by atoms with Gasteiger partial charge >= 0.3 is 5.69 Å². The van der Waals surface area contributed by atoms with Gasteiger partial charge in [0.1, 0.15) is 11.2 Å². The zero-order valence-electron chi connectivity index (χ0n) is 17.0. The zero-order valence-corrected chi connectivity index (χ0v) is 17.0. The number of amides is 1. The van der Waals surface area contributed by atoms with E-state index in [1.807, 2.05) is 18.2 Å². The van der Waals surface area contributed by atoms with Crippen LogP contribution in [0.3, 0.4) is 0 Å². The van der Waals surface area contributed by atoms with Crippen molar-refractivity contribution in [3.05, 3.63) is 57.2 Å². The summed E-state index contributed by atoms with van der Waals surface area (Å²) < 4.78 is 2.42. The van der Waals surface area contributed by atoms with Crippen molar-refractivity contribution < 1.29 is 4.79 Å². The fraction of sp³-hybridized carbons (Fsp3) is 0.333. The molecule has 3 aromatic rings. The van der Waals surface area contributed by atoms with Crippen molar-refractivity contribution in [2.45, 2.75) is 12.8 Å². The number of fused-ring (bicyclic) bond motifs is 1. The number of anilines is 3. The molecule has 0 saturated carbocycles. The number of nitrogens with one attached hydrogen (secondary N) is 2. The van der Waals surface area contributed by atoms with Gasteiger partial charge in [-0.1, -0.05) is 18.2 Å². The van der Waals surface area contributed by atoms with E-state index >= 15 is 0 Å². The van der Waals surface area contributed by atoms with Crippen LogP contribution in [0.15, 0.2) is 46.0 Å². The van der Waals surface area contributed by atoms with Gasteiger partial charge in [0.15, 0.2) is 5.65 Å². The first-order valence-electron chi connectivity index (χ1n) is 9.90. The molecule has 0 bridgehead atoms. The van der Waals surface area contributed by atoms with Crippen molar-refractivity contribution in [1.29, 1.82) is 0 Å². The lowest BCUT2D eigenvalue weighted by atomic mass is 10.2. The number of benzene rings is 1. The summed E-state index contributed by atoms with van der Waals surface area (Å²) in [5.74, 6) is 0.449. The van der Waals surface area contributed by atoms with Crippen LogP contribution in [0.1, 0.15) is 12.8 Å². The van der Waals surface area contributed by atoms with Gasteiger partial charge in [-0.3, -0.25) is 18.7 Å². The van der Waals surface area contributed by atoms with Gasteiger partial charge in [-0.15, -0.1) is 0 Å². The summed E-state index contributed by atoms with van der Waals surface area (Å²) in [6.07, 6.45) is 2.13. The number of carbonyl (C=O) groups is 1. The van der Waals surface area contributed by atoms with Gasteiger partial charge in [-0.05, 0) is 25.0 Å². The number of rotatable bonds is 5. The molecule has 2 aromatic heterocycles. The van der Waals surface area contributed by atoms with Crippen LogP contribution >= 0.6 is 0 Å². The quantitative estimate of drug-likeness (QED) is 0.660. The van der Waals surface area contributed by atoms with E-state index in [0.717, 1.165) is 30.5 Å². The highest BCUT2D eigenvalue weighted by Crippen LogP contribution is 2.26. The molecule has 9 nitrogen and oxygen atoms in total. The summed E-state index contributed by atoms with van der Waals surface area (Å²) >= 11 is 0. The number of aromatic nitrogens is 3. The molecule has 9 heteroatoms. The highest BCUT2D eigenvalue weighted by atomic mass is 16.2. The maximum atomic E-state index is 12.8. The second kappa shape index (κ2) is 8.02. The first kappa shape index (κ1) is 19.7. The topological polar surface area (TPSA) is 101 Å². The fourth-order valence-corrected chi connectivity index (χ4v) is 3.69. The minimum Gasteiger partial charge on any atom is -0.375 e. The summed E-state index contributed by atoms with van der Waals surface area (Å²) in [5, 5.41) is 6.18. The predicted molar refractivity (Wildman–Crippen MR) is 117 cm³/mol. The molecular formula is C21H24N6O3. The Kier molecular flexibility index (Phi) is 5.26. The third kappa shape index (κ3) is 3.66. The Morgan fingerprint density at radius 2 is 1.77 bits per heavy atom. The molecule has 1 fully saturated rings. The predicted octanol–water partition coefficient (Wildman–Crippen LogP) is 1.28. The Morgan fingerprint density at radius 1 is 1.07 bits per heavy atom. The Hall–Kier alpha value is -3.62. The fourth-order valence-electron chi connectivity index (χ4n) is 3.69. The van der Waals surface area contributed by atoms with E-state index in [9.17, 15) is 14.4 Å². The number of carbonyl (C=O) groups excluding carboxylic acids is 1. The molecule has 0 spiro atoms. The average Bonchev–Trinajstić information content (AvgIpc) is 3.30. The van der Waals surface area contributed by atoms with E-state index < -0.39 is 11.2 Å². The van der Waals surface area contributed by atoms with Crippen molar-refractivity contribution >= 4 is 34.1 Å². The molecule has 0 radical (unpaired) electrons. The summed E-state index contributed by atoms with van der Waals surface area (Å²) in [4.78, 5) is 44.4. The molecule has 1 aromatic carbocycles. The number of nitrogens with zero attached hydrogens (tertiary/aromatic N) is 4. The normalized spacial score (nSPS) is 13.6. The van der Waals surface area contributed by atoms with Gasteiger partial charge in [0.25, 0.3) is 5.56 Å². The number of hydrogen-bond acceptors (Lipinski definition) is 6. The molecular weight excluding hydrogens is 384 g/mol. The van der Waals surface area contributed by atoms with Crippen LogP contribution in [0.25, 0.3) is 11.0 Å². The lowest BCUT2D eigenvalue weighted by molar-refractivity contribution is -0.114. The molecule has 1 aliphatic rings. The zero-order chi connectivity index (χ0) is 21.3. The standard InChI is InChI=1S/C21H24N6O3/c1-25-19-18(20(29)26(2)21(25)30)15(12-16(24-19)27-10-6-7-11-27)22-13-17(28)23-14-8-4-3-5-9-14/h3-5,8-9,12H,6-7,10-11,13H2,1-2H3,(H,22,24)(H,23,28). The lowest BCUT2D eigenvalue weighted by Crippen LogP contribution is -2.38. The molecule has 4 rings (SSSR count). The Morgan fingerprint density at radius 3 is 2.47 bits per heavy atom. The van der Waals surface area contributed by atoms with E-state index in [0.29, 0.717) is 22.8 Å². The molecule has 1 aliphatic heterocycles. The summed E-state index contributed by atoms with van der Waals surface area (Å²) in [5.41, 5.74) is 0.602. The maximum Gasteiger partial charge on any atom is 0.332 e. The maximum absolute atomic E-state index is 12.8. The van der Waals surface area contributed by atoms with Crippen molar-refractivity contribution in [3.63, 3.8) is 0 Å². The molecule has 2 N–H and O–H groups in total. The van der Waals surface area contributed by atoms with E-state index in [1.165, 1.54) is 11.6 Å². The smallest absolute Gasteiger partial charge is 0.332 e. The number of para-hydroxylation sites is 1. The Labute approximate surface area is 173 Å². The molecule has 1 saturated heterocycles. The second-order valence-corrected chi connectivity index (χ2v) is 7.39. The van der Waals surface area contributed by atoms with E-state index in [1.54, 1.807) is 25.2 Å². The first-order chi connectivity index (χ1) is 14.5. The molecule has 1 amide bonds. The van der Waals surface area contributed by atoms with E-state index in [4.69, 9.17) is 0 Å². The monoisotopic (exact) mass is 408 g/mol. The first-order valence-corrected chi connectivity index (χ1v) is 9.90. The van der Waals surface area contributed by atoms with Crippen LogP contribution in [-0.2, 0) is 18.9 Å². The summed E-state index contributed by atoms with van der Waals surface area (Å²) in [6.45, 7) is 1.70. The number of hydrogen-bond donors (Lipinski definition) is 2. The van der Waals surface area contributed by atoms with Crippen molar-refractivity contribution in [1.82, 2.24) is 14.1 Å². The second-order valence-electron chi connectivity index (χ2n) is 7.39. The van der Waals surface area contributed by atoms with Gasteiger partial charge in [-0.2, -0.15) is 0 Å². The number of pyridine rings is 1. The molecule has 0 unspecified atom stereocenters. The Bertz CT molecular complexity index is 1210. The molecule has 0 aliphatic carbocycles. The van der Waals surface area contributed by atoms with Gasteiger partial charge in [-0.25, -0.2) is 9.78 Å². The third-order valence-corrected chi connectivity index (χ3v) is 5.32. The van der Waals surface area contributed by atoms with Crippen LogP contribution < -0.4 is 26.8 Å². The largest absolute Gasteiger partial charge is 0.375 e. The van der Waals surface area contributed by atoms with Crippen LogP contribution in [0.4, 0.5) is 17.2 Å². The SMILES string of the molecule is Cn1c(=O)c2c(NCC(=O)Nc3ccccc3)cc(N3CCCC3)nc2n(C)c1=O. The highest BCUT2D eigenvalue weighted by Gasteiger charge is 2.20. The van der Waals surface area contributed by atoms with Crippen LogP contribution in [0.5, 0.6) is 0 Å². The average molecular weight is 408 g/mol. The van der Waals surface area contributed by atoms with Crippen LogP contribution in [0, 0.1) is 0 Å². The highest BCUT2D eigenvalue weighted by molar-refractivity contribution is 5.96. The summed E-state index contributed by atoms with van der Waals surface area (Å²) in [7, 11) is 3.03. The third-order valence-electron chi connectivity index (χ3n) is 5.32. The van der Waals surface area contributed by atoms with Crippen LogP contribution in [-0.4, -0.2) is 39.7 Å². The molecule has 0 atom stereocenters. The number of aryl methyl sites for hydroxylation is 1. The van der Waals surface area contributed by atoms with Crippen LogP contribution in [0.2, 0.25) is 0 Å². The van der Waals surface area contributed by atoms with Gasteiger partial charge < -0.3 is 15.5 Å². The van der Waals surface area contributed by atoms with Gasteiger partial charge in [0.05, 0.1) is 12.2 Å². The van der Waals surface area contributed by atoms with Crippen molar-refractivity contribution in [3.8, 4) is 0 Å². The minimum atomic E-state index is -0.445. The lowest BCUT2D eigenvalue weighted by Gasteiger charge is -2.20. The van der Waals surface area contributed by atoms with Gasteiger partial charge in [0.2, 0.25) is 5.91 Å².